The maximum atomic E-state index is 5.47. The summed E-state index contributed by atoms with van der Waals surface area (Å²) in [5.74, 6) is 4.12. The molecule has 2 fully saturated rings. The molecule has 2 aliphatic rings. The first-order chi connectivity index (χ1) is 15.1. The fourth-order valence-electron chi connectivity index (χ4n) is 5.05. The van der Waals surface area contributed by atoms with Crippen molar-refractivity contribution in [2.24, 2.45) is 5.92 Å². The zero-order chi connectivity index (χ0) is 21.4. The van der Waals surface area contributed by atoms with Gasteiger partial charge in [0.1, 0.15) is 23.0 Å². The summed E-state index contributed by atoms with van der Waals surface area (Å²) in [5.41, 5.74) is 2.09. The number of rotatable bonds is 5. The lowest BCUT2D eigenvalue weighted by atomic mass is 10.1. The second-order valence-corrected chi connectivity index (χ2v) is 8.95. The van der Waals surface area contributed by atoms with Gasteiger partial charge in [0, 0.05) is 38.5 Å². The fraction of sp³-hybridized carbons (Fsp3) is 0.565. The molecule has 0 radical (unpaired) electrons. The van der Waals surface area contributed by atoms with Gasteiger partial charge in [0.2, 0.25) is 5.95 Å². The molecule has 0 amide bonds. The average molecular weight is 422 g/mol. The number of anilines is 3. The van der Waals surface area contributed by atoms with Crippen molar-refractivity contribution < 1.29 is 4.74 Å². The second kappa shape index (κ2) is 8.42. The highest BCUT2D eigenvalue weighted by Crippen LogP contribution is 2.37. The minimum absolute atomic E-state index is 0.338. The lowest BCUT2D eigenvalue weighted by Crippen LogP contribution is -2.37. The number of aromatic nitrogens is 5. The molecule has 0 unspecified atom stereocenters. The molecular formula is C23H31N7O. The summed E-state index contributed by atoms with van der Waals surface area (Å²) in [5, 5.41) is 3.38. The van der Waals surface area contributed by atoms with E-state index in [1.165, 1.54) is 19.3 Å². The molecule has 1 saturated carbocycles. The van der Waals surface area contributed by atoms with E-state index in [0.29, 0.717) is 12.1 Å². The van der Waals surface area contributed by atoms with Crippen molar-refractivity contribution in [2.75, 3.05) is 30.4 Å². The van der Waals surface area contributed by atoms with E-state index in [9.17, 15) is 0 Å². The lowest BCUT2D eigenvalue weighted by Gasteiger charge is -2.31. The van der Waals surface area contributed by atoms with Crippen molar-refractivity contribution >= 4 is 28.6 Å². The van der Waals surface area contributed by atoms with Gasteiger partial charge in [-0.2, -0.15) is 4.98 Å². The number of imidazole rings is 1. The number of nitrogens with zero attached hydrogens (tertiary/aromatic N) is 6. The van der Waals surface area contributed by atoms with Gasteiger partial charge in [0.25, 0.3) is 0 Å². The van der Waals surface area contributed by atoms with Gasteiger partial charge in [-0.1, -0.05) is 6.92 Å². The van der Waals surface area contributed by atoms with Gasteiger partial charge in [-0.25, -0.2) is 15.0 Å². The monoisotopic (exact) mass is 421 g/mol. The Kier molecular flexibility index (Phi) is 5.48. The van der Waals surface area contributed by atoms with Crippen LogP contribution in [0.15, 0.2) is 24.5 Å². The third-order valence-electron chi connectivity index (χ3n) is 6.74. The van der Waals surface area contributed by atoms with Gasteiger partial charge in [-0.05, 0) is 51.0 Å². The number of hydrogen-bond donors (Lipinski definition) is 1. The molecular weight excluding hydrogens is 390 g/mol. The summed E-state index contributed by atoms with van der Waals surface area (Å²) >= 11 is 0. The van der Waals surface area contributed by atoms with Crippen LogP contribution in [0.4, 0.5) is 17.6 Å². The normalized spacial score (nSPS) is 22.4. The van der Waals surface area contributed by atoms with Gasteiger partial charge in [0.05, 0.1) is 17.8 Å². The summed E-state index contributed by atoms with van der Waals surface area (Å²) in [6.45, 7) is 6.25. The van der Waals surface area contributed by atoms with Gasteiger partial charge in [-0.3, -0.25) is 0 Å². The average Bonchev–Trinajstić information content (AvgIpc) is 3.35. The zero-order valence-corrected chi connectivity index (χ0v) is 18.6. The first-order valence-electron chi connectivity index (χ1n) is 11.3. The van der Waals surface area contributed by atoms with Crippen molar-refractivity contribution in [3.63, 3.8) is 0 Å². The van der Waals surface area contributed by atoms with Gasteiger partial charge >= 0.3 is 0 Å². The standard InChI is InChI=1S/C23H31N7O/c1-15-4-5-17(12-15)30-16(2)26-19-14-25-22(13-20(19)30)27-21-6-9-24-23(28-21)29-10-7-18(31-3)8-11-29/h6,9,13-15,17-18H,4-5,7-8,10-12H2,1-3H3,(H,24,25,27,28)/t15-,17+/m0/s1. The highest BCUT2D eigenvalue weighted by atomic mass is 16.5. The number of hydrogen-bond acceptors (Lipinski definition) is 7. The van der Waals surface area contributed by atoms with Gasteiger partial charge < -0.3 is 19.5 Å². The van der Waals surface area contributed by atoms with Crippen LogP contribution in [0.5, 0.6) is 0 Å². The molecule has 0 aromatic carbocycles. The number of ether oxygens (including phenoxy) is 1. The highest BCUT2D eigenvalue weighted by Gasteiger charge is 2.26. The number of nitrogens with one attached hydrogen (secondary N) is 1. The molecule has 0 spiro atoms. The minimum atomic E-state index is 0.338. The van der Waals surface area contributed by atoms with E-state index in [4.69, 9.17) is 14.7 Å². The maximum absolute atomic E-state index is 5.47. The number of aryl methyl sites for hydroxylation is 1. The summed E-state index contributed by atoms with van der Waals surface area (Å²) in [4.78, 5) is 20.8. The molecule has 3 aromatic rings. The number of piperidine rings is 1. The van der Waals surface area contributed by atoms with E-state index < -0.39 is 0 Å². The van der Waals surface area contributed by atoms with E-state index in [1.807, 2.05) is 12.3 Å². The minimum Gasteiger partial charge on any atom is -0.381 e. The molecule has 4 heterocycles. The van der Waals surface area contributed by atoms with Gasteiger partial charge in [-0.15, -0.1) is 0 Å². The van der Waals surface area contributed by atoms with E-state index in [1.54, 1.807) is 13.3 Å². The molecule has 1 aliphatic carbocycles. The Labute approximate surface area is 183 Å². The van der Waals surface area contributed by atoms with E-state index in [0.717, 1.165) is 66.3 Å². The molecule has 0 bridgehead atoms. The SMILES string of the molecule is COC1CCN(c2nccc(Nc3cc4c(cn3)nc(C)n4[C@@H]3CC[C@H](C)C3)n2)CC1. The first kappa shape index (κ1) is 20.2. The van der Waals surface area contributed by atoms with Gasteiger partial charge in [0.15, 0.2) is 0 Å². The second-order valence-electron chi connectivity index (χ2n) is 8.95. The summed E-state index contributed by atoms with van der Waals surface area (Å²) in [6.07, 6.45) is 9.71. The van der Waals surface area contributed by atoms with Crippen molar-refractivity contribution in [2.45, 2.75) is 58.1 Å². The molecule has 1 saturated heterocycles. The summed E-state index contributed by atoms with van der Waals surface area (Å²) in [7, 11) is 1.78. The molecule has 8 nitrogen and oxygen atoms in total. The maximum Gasteiger partial charge on any atom is 0.227 e. The number of methoxy groups -OCH3 is 1. The van der Waals surface area contributed by atoms with E-state index in [2.05, 4.69) is 44.7 Å². The van der Waals surface area contributed by atoms with Crippen LogP contribution in [0.1, 0.15) is 50.9 Å². The third kappa shape index (κ3) is 4.08. The first-order valence-corrected chi connectivity index (χ1v) is 11.3. The molecule has 2 atom stereocenters. The van der Waals surface area contributed by atoms with Crippen LogP contribution in [0.2, 0.25) is 0 Å². The summed E-state index contributed by atoms with van der Waals surface area (Å²) < 4.78 is 7.87. The number of fused-ring (bicyclic) bond motifs is 1. The molecule has 8 heteroatoms. The van der Waals surface area contributed by atoms with Crippen LogP contribution < -0.4 is 10.2 Å². The van der Waals surface area contributed by atoms with Crippen LogP contribution in [0.25, 0.3) is 11.0 Å². The van der Waals surface area contributed by atoms with Crippen molar-refractivity contribution in [1.29, 1.82) is 0 Å². The highest BCUT2D eigenvalue weighted by molar-refractivity contribution is 5.79. The number of pyridine rings is 1. The van der Waals surface area contributed by atoms with Crippen LogP contribution in [0, 0.1) is 12.8 Å². The quantitative estimate of drug-likeness (QED) is 0.659. The Morgan fingerprint density at radius 2 is 1.90 bits per heavy atom. The summed E-state index contributed by atoms with van der Waals surface area (Å²) in [6, 6.07) is 4.51. The van der Waals surface area contributed by atoms with Crippen LogP contribution >= 0.6 is 0 Å². The van der Waals surface area contributed by atoms with Crippen LogP contribution in [0.3, 0.4) is 0 Å². The Morgan fingerprint density at radius 1 is 1.06 bits per heavy atom. The Hall–Kier alpha value is -2.74. The molecule has 1 aliphatic heterocycles. The molecule has 5 rings (SSSR count). The Balaban J connectivity index is 1.37. The molecule has 31 heavy (non-hydrogen) atoms. The predicted molar refractivity (Wildman–Crippen MR) is 122 cm³/mol. The fourth-order valence-corrected chi connectivity index (χ4v) is 5.05. The van der Waals surface area contributed by atoms with E-state index >= 15 is 0 Å². The molecule has 1 N–H and O–H groups in total. The van der Waals surface area contributed by atoms with Crippen molar-refractivity contribution in [1.82, 2.24) is 24.5 Å². The van der Waals surface area contributed by atoms with Crippen LogP contribution in [-0.4, -0.2) is 50.8 Å². The molecule has 164 valence electrons. The molecule has 3 aromatic heterocycles. The predicted octanol–water partition coefficient (Wildman–Crippen LogP) is 4.25. The zero-order valence-electron chi connectivity index (χ0n) is 18.6. The van der Waals surface area contributed by atoms with Crippen LogP contribution in [-0.2, 0) is 4.74 Å². The van der Waals surface area contributed by atoms with Crippen molar-refractivity contribution in [3.8, 4) is 0 Å². The topological polar surface area (TPSA) is 81.0 Å². The Morgan fingerprint density at radius 3 is 2.65 bits per heavy atom. The van der Waals surface area contributed by atoms with Crippen molar-refractivity contribution in [3.05, 3.63) is 30.4 Å². The smallest absolute Gasteiger partial charge is 0.227 e. The van der Waals surface area contributed by atoms with E-state index in [-0.39, 0.29) is 0 Å². The largest absolute Gasteiger partial charge is 0.381 e. The third-order valence-corrected chi connectivity index (χ3v) is 6.74. The lowest BCUT2D eigenvalue weighted by molar-refractivity contribution is 0.0816. The Bertz CT molecular complexity index is 1060.